The zero-order valence-electron chi connectivity index (χ0n) is 13.3. The zero-order valence-corrected chi connectivity index (χ0v) is 14.9. The van der Waals surface area contributed by atoms with E-state index in [1.165, 1.54) is 11.3 Å². The highest BCUT2D eigenvalue weighted by Crippen LogP contribution is 2.32. The van der Waals surface area contributed by atoms with Crippen molar-refractivity contribution in [3.63, 3.8) is 0 Å². The molecule has 2 heterocycles. The molecular weight excluding hydrogens is 348 g/mol. The standard InChI is InChI=1S/C17H17ClN2O3S/c1-9-14(16(21)20-8-7-13(10(20)2)17(22)23)24-15(19-9)11-3-5-12(18)6-4-11/h3-6,10,13H,7-8H2,1-2H3,(H,22,23). The monoisotopic (exact) mass is 364 g/mol. The molecule has 2 unspecified atom stereocenters. The molecule has 24 heavy (non-hydrogen) atoms. The molecule has 1 amide bonds. The van der Waals surface area contributed by atoms with Gasteiger partial charge in [0.2, 0.25) is 0 Å². The van der Waals surface area contributed by atoms with Crippen LogP contribution >= 0.6 is 22.9 Å². The van der Waals surface area contributed by atoms with Gasteiger partial charge < -0.3 is 10.0 Å². The van der Waals surface area contributed by atoms with Gasteiger partial charge in [-0.3, -0.25) is 9.59 Å². The third-order valence-corrected chi connectivity index (χ3v) is 5.86. The first-order chi connectivity index (χ1) is 11.4. The Morgan fingerprint density at radius 1 is 1.33 bits per heavy atom. The number of amides is 1. The third kappa shape index (κ3) is 3.03. The van der Waals surface area contributed by atoms with Crippen molar-refractivity contribution in [1.82, 2.24) is 9.88 Å². The number of carboxylic acids is 1. The maximum absolute atomic E-state index is 12.8. The van der Waals surface area contributed by atoms with Gasteiger partial charge in [-0.05, 0) is 32.4 Å². The van der Waals surface area contributed by atoms with Crippen LogP contribution in [0.3, 0.4) is 0 Å². The molecule has 0 radical (unpaired) electrons. The predicted octanol–water partition coefficient (Wildman–Crippen LogP) is 3.71. The number of aryl methyl sites for hydroxylation is 1. The average Bonchev–Trinajstić information content (AvgIpc) is 3.11. The summed E-state index contributed by atoms with van der Waals surface area (Å²) in [5.74, 6) is -1.49. The van der Waals surface area contributed by atoms with Crippen molar-refractivity contribution in [1.29, 1.82) is 0 Å². The maximum Gasteiger partial charge on any atom is 0.308 e. The molecule has 0 spiro atoms. The molecule has 0 saturated carbocycles. The van der Waals surface area contributed by atoms with Crippen LogP contribution in [-0.2, 0) is 4.79 Å². The topological polar surface area (TPSA) is 70.5 Å². The molecule has 7 heteroatoms. The molecule has 2 atom stereocenters. The van der Waals surface area contributed by atoms with E-state index in [0.717, 1.165) is 10.6 Å². The lowest BCUT2D eigenvalue weighted by molar-refractivity contribution is -0.142. The maximum atomic E-state index is 12.8. The Labute approximate surface area is 148 Å². The predicted molar refractivity (Wildman–Crippen MR) is 93.5 cm³/mol. The van der Waals surface area contributed by atoms with E-state index in [-0.39, 0.29) is 11.9 Å². The average molecular weight is 365 g/mol. The lowest BCUT2D eigenvalue weighted by atomic mass is 10.0. The molecule has 2 aromatic rings. The van der Waals surface area contributed by atoms with Crippen molar-refractivity contribution in [3.8, 4) is 10.6 Å². The van der Waals surface area contributed by atoms with Crippen LogP contribution in [0.1, 0.15) is 28.7 Å². The fourth-order valence-electron chi connectivity index (χ4n) is 3.00. The molecule has 1 fully saturated rings. The second kappa shape index (κ2) is 6.53. The van der Waals surface area contributed by atoms with Gasteiger partial charge in [0.15, 0.2) is 0 Å². The van der Waals surface area contributed by atoms with Crippen LogP contribution < -0.4 is 0 Å². The molecule has 1 aromatic carbocycles. The molecule has 1 N–H and O–H groups in total. The van der Waals surface area contributed by atoms with E-state index < -0.39 is 11.9 Å². The summed E-state index contributed by atoms with van der Waals surface area (Å²) in [7, 11) is 0. The first-order valence-electron chi connectivity index (χ1n) is 7.65. The van der Waals surface area contributed by atoms with E-state index in [1.54, 1.807) is 30.9 Å². The Bertz CT molecular complexity index is 788. The summed E-state index contributed by atoms with van der Waals surface area (Å²) in [6.45, 7) is 4.06. The van der Waals surface area contributed by atoms with Crippen LogP contribution in [0.2, 0.25) is 5.02 Å². The summed E-state index contributed by atoms with van der Waals surface area (Å²) in [4.78, 5) is 30.8. The highest BCUT2D eigenvalue weighted by atomic mass is 35.5. The molecule has 1 aliphatic rings. The van der Waals surface area contributed by atoms with Crippen molar-refractivity contribution < 1.29 is 14.7 Å². The number of thiazole rings is 1. The molecule has 0 aliphatic carbocycles. The largest absolute Gasteiger partial charge is 0.481 e. The van der Waals surface area contributed by atoms with Gasteiger partial charge in [-0.25, -0.2) is 4.98 Å². The molecule has 0 bridgehead atoms. The molecule has 5 nitrogen and oxygen atoms in total. The number of nitrogens with zero attached hydrogens (tertiary/aromatic N) is 2. The van der Waals surface area contributed by atoms with Gasteiger partial charge in [0, 0.05) is 23.2 Å². The van der Waals surface area contributed by atoms with Crippen molar-refractivity contribution in [2.45, 2.75) is 26.3 Å². The van der Waals surface area contributed by atoms with Crippen LogP contribution in [0.25, 0.3) is 10.6 Å². The number of halogens is 1. The van der Waals surface area contributed by atoms with Crippen molar-refractivity contribution in [2.24, 2.45) is 5.92 Å². The van der Waals surface area contributed by atoms with Gasteiger partial charge in [-0.1, -0.05) is 23.7 Å². The van der Waals surface area contributed by atoms with Gasteiger partial charge in [-0.15, -0.1) is 11.3 Å². The Balaban J connectivity index is 1.86. The number of carbonyl (C=O) groups is 2. The minimum atomic E-state index is -0.847. The number of likely N-dealkylation sites (tertiary alicyclic amines) is 1. The summed E-state index contributed by atoms with van der Waals surface area (Å²) < 4.78 is 0. The summed E-state index contributed by atoms with van der Waals surface area (Å²) >= 11 is 7.23. The van der Waals surface area contributed by atoms with Gasteiger partial charge in [-0.2, -0.15) is 0 Å². The molecule has 1 saturated heterocycles. The normalized spacial score (nSPS) is 20.4. The van der Waals surface area contributed by atoms with Crippen LogP contribution in [0.4, 0.5) is 0 Å². The van der Waals surface area contributed by atoms with Gasteiger partial charge in [0.1, 0.15) is 9.88 Å². The first kappa shape index (κ1) is 16.9. The van der Waals surface area contributed by atoms with Crippen molar-refractivity contribution in [3.05, 3.63) is 39.9 Å². The Morgan fingerprint density at radius 3 is 2.58 bits per heavy atom. The van der Waals surface area contributed by atoms with Crippen LogP contribution in [-0.4, -0.2) is 39.5 Å². The number of carboxylic acid groups (broad SMARTS) is 1. The van der Waals surface area contributed by atoms with E-state index in [2.05, 4.69) is 4.98 Å². The number of hydrogen-bond donors (Lipinski definition) is 1. The SMILES string of the molecule is Cc1nc(-c2ccc(Cl)cc2)sc1C(=O)N1CCC(C(=O)O)C1C. The fraction of sp³-hybridized carbons (Fsp3) is 0.353. The van der Waals surface area contributed by atoms with Gasteiger partial charge in [0.25, 0.3) is 5.91 Å². The first-order valence-corrected chi connectivity index (χ1v) is 8.85. The van der Waals surface area contributed by atoms with E-state index in [0.29, 0.717) is 28.6 Å². The van der Waals surface area contributed by atoms with E-state index in [1.807, 2.05) is 12.1 Å². The fourth-order valence-corrected chi connectivity index (χ4v) is 4.15. The summed E-state index contributed by atoms with van der Waals surface area (Å²) in [5, 5.41) is 10.6. The summed E-state index contributed by atoms with van der Waals surface area (Å²) in [6.07, 6.45) is 0.490. The summed E-state index contributed by atoms with van der Waals surface area (Å²) in [6, 6.07) is 7.00. The molecule has 3 rings (SSSR count). The smallest absolute Gasteiger partial charge is 0.308 e. The second-order valence-corrected chi connectivity index (χ2v) is 7.35. The number of hydrogen-bond acceptors (Lipinski definition) is 4. The van der Waals surface area contributed by atoms with Gasteiger partial charge in [0.05, 0.1) is 11.6 Å². The number of aliphatic carboxylic acids is 1. The van der Waals surface area contributed by atoms with Crippen molar-refractivity contribution in [2.75, 3.05) is 6.54 Å². The van der Waals surface area contributed by atoms with E-state index >= 15 is 0 Å². The molecule has 126 valence electrons. The quantitative estimate of drug-likeness (QED) is 0.901. The Kier molecular flexibility index (Phi) is 4.60. The van der Waals surface area contributed by atoms with Gasteiger partial charge >= 0.3 is 5.97 Å². The molecular formula is C17H17ClN2O3S. The number of rotatable bonds is 3. The third-order valence-electron chi connectivity index (χ3n) is 4.42. The van der Waals surface area contributed by atoms with E-state index in [4.69, 9.17) is 11.6 Å². The summed E-state index contributed by atoms with van der Waals surface area (Å²) in [5.41, 5.74) is 1.57. The van der Waals surface area contributed by atoms with E-state index in [9.17, 15) is 14.7 Å². The minimum Gasteiger partial charge on any atom is -0.481 e. The van der Waals surface area contributed by atoms with Crippen molar-refractivity contribution >= 4 is 34.8 Å². The Morgan fingerprint density at radius 2 is 2.00 bits per heavy atom. The van der Waals surface area contributed by atoms with Crippen LogP contribution in [0, 0.1) is 12.8 Å². The molecule has 1 aliphatic heterocycles. The zero-order chi connectivity index (χ0) is 17.4. The highest BCUT2D eigenvalue weighted by molar-refractivity contribution is 7.17. The second-order valence-electron chi connectivity index (χ2n) is 5.91. The Hall–Kier alpha value is -1.92. The highest BCUT2D eigenvalue weighted by Gasteiger charge is 2.39. The number of aromatic nitrogens is 1. The van der Waals surface area contributed by atoms with Crippen LogP contribution in [0.5, 0.6) is 0 Å². The number of carbonyl (C=O) groups excluding carboxylic acids is 1. The number of benzene rings is 1. The van der Waals surface area contributed by atoms with Crippen LogP contribution in [0.15, 0.2) is 24.3 Å². The lowest BCUT2D eigenvalue weighted by Crippen LogP contribution is -2.37. The lowest BCUT2D eigenvalue weighted by Gasteiger charge is -2.22. The molecule has 1 aromatic heterocycles. The minimum absolute atomic E-state index is 0.138.